The molecule has 1 aliphatic heterocycles. The number of carbonyl (C=O) groups excluding carboxylic acids is 1. The molecule has 142 valence electrons. The number of nitrogen functional groups attached to an aromatic ring is 1. The topological polar surface area (TPSA) is 129 Å². The van der Waals surface area contributed by atoms with Crippen LogP contribution in [0.15, 0.2) is 29.9 Å². The first-order valence-corrected chi connectivity index (χ1v) is 9.66. The molecule has 0 radical (unpaired) electrons. The normalized spacial score (nSPS) is 14.7. The molecule has 4 N–H and O–H groups in total. The highest BCUT2D eigenvalue weighted by Crippen LogP contribution is 2.27. The minimum absolute atomic E-state index is 0.125. The van der Waals surface area contributed by atoms with Gasteiger partial charge >= 0.3 is 6.03 Å². The van der Waals surface area contributed by atoms with E-state index < -0.39 is 0 Å². The van der Waals surface area contributed by atoms with Crippen LogP contribution in [-0.2, 0) is 0 Å². The Morgan fingerprint density at radius 1 is 1.21 bits per heavy atom. The third kappa shape index (κ3) is 2.95. The van der Waals surface area contributed by atoms with Crippen molar-refractivity contribution in [2.45, 2.75) is 0 Å². The van der Waals surface area contributed by atoms with Crippen molar-refractivity contribution in [3.63, 3.8) is 0 Å². The first-order chi connectivity index (χ1) is 13.7. The lowest BCUT2D eigenvalue weighted by Gasteiger charge is -2.35. The number of anilines is 3. The number of urea groups is 1. The minimum Gasteiger partial charge on any atom is -0.368 e. The van der Waals surface area contributed by atoms with Gasteiger partial charge in [0.1, 0.15) is 5.52 Å². The number of H-pyrrole nitrogens is 1. The van der Waals surface area contributed by atoms with Crippen LogP contribution in [-0.4, -0.2) is 62.3 Å². The number of amides is 2. The van der Waals surface area contributed by atoms with E-state index in [0.29, 0.717) is 26.2 Å². The Morgan fingerprint density at radius 2 is 2.07 bits per heavy atom. The van der Waals surface area contributed by atoms with Gasteiger partial charge in [0, 0.05) is 37.3 Å². The summed E-state index contributed by atoms with van der Waals surface area (Å²) < 4.78 is 0. The molecule has 4 aromatic rings. The van der Waals surface area contributed by atoms with Crippen LogP contribution in [0, 0.1) is 0 Å². The van der Waals surface area contributed by atoms with Gasteiger partial charge in [0.05, 0.1) is 17.2 Å². The lowest BCUT2D eigenvalue weighted by molar-refractivity contribution is 0.208. The molecule has 3 aromatic heterocycles. The Bertz CT molecular complexity index is 1160. The Balaban J connectivity index is 1.27. The third-order valence-electron chi connectivity index (χ3n) is 4.76. The zero-order chi connectivity index (χ0) is 19.1. The van der Waals surface area contributed by atoms with Crippen molar-refractivity contribution >= 4 is 56.1 Å². The summed E-state index contributed by atoms with van der Waals surface area (Å²) in [6, 6.07) is 5.54. The molecular weight excluding hydrogens is 378 g/mol. The van der Waals surface area contributed by atoms with Crippen molar-refractivity contribution in [2.75, 3.05) is 42.1 Å². The molecule has 0 aliphatic carbocycles. The Morgan fingerprint density at radius 3 is 2.93 bits per heavy atom. The number of benzene rings is 1. The molecule has 1 aliphatic rings. The fraction of sp³-hybridized carbons (Fsp3) is 0.235. The van der Waals surface area contributed by atoms with Crippen molar-refractivity contribution in [1.82, 2.24) is 30.0 Å². The van der Waals surface area contributed by atoms with Crippen molar-refractivity contribution in [2.24, 2.45) is 0 Å². The van der Waals surface area contributed by atoms with Crippen LogP contribution in [0.4, 0.5) is 22.2 Å². The van der Waals surface area contributed by atoms with Crippen LogP contribution in [0.2, 0.25) is 0 Å². The van der Waals surface area contributed by atoms with Crippen LogP contribution in [0.1, 0.15) is 0 Å². The number of aromatic amines is 1. The Hall–Kier alpha value is -3.47. The zero-order valence-electron chi connectivity index (χ0n) is 14.8. The predicted molar refractivity (Wildman–Crippen MR) is 109 cm³/mol. The van der Waals surface area contributed by atoms with Crippen LogP contribution < -0.4 is 16.0 Å². The van der Waals surface area contributed by atoms with E-state index in [1.807, 2.05) is 18.2 Å². The highest BCUT2D eigenvalue weighted by molar-refractivity contribution is 7.16. The number of nitrogens with one attached hydrogen (secondary N) is 2. The lowest BCUT2D eigenvalue weighted by Crippen LogP contribution is -2.50. The molecule has 0 saturated carbocycles. The molecule has 2 amide bonds. The molecule has 28 heavy (non-hydrogen) atoms. The standard InChI is InChI=1S/C17H17N9OS/c18-16-22-14(13-15(23-16)28-9-19-13)25-3-5-26(6-4-25)17(27)21-11-2-1-10-8-20-24-12(10)7-11/h1-2,7-9H,3-6H2,(H,20,24)(H,21,27)(H2,18,22,23). The van der Waals surface area contributed by atoms with Gasteiger partial charge in [-0.2, -0.15) is 10.1 Å². The van der Waals surface area contributed by atoms with Gasteiger partial charge in [-0.3, -0.25) is 5.10 Å². The van der Waals surface area contributed by atoms with Gasteiger partial charge in [-0.15, -0.1) is 11.3 Å². The Labute approximate surface area is 163 Å². The van der Waals surface area contributed by atoms with Gasteiger partial charge < -0.3 is 20.9 Å². The van der Waals surface area contributed by atoms with Gasteiger partial charge in [-0.05, 0) is 18.2 Å². The summed E-state index contributed by atoms with van der Waals surface area (Å²) in [7, 11) is 0. The second kappa shape index (κ2) is 6.60. The fourth-order valence-electron chi connectivity index (χ4n) is 3.32. The molecule has 1 saturated heterocycles. The molecule has 0 atom stereocenters. The second-order valence-electron chi connectivity index (χ2n) is 6.49. The summed E-state index contributed by atoms with van der Waals surface area (Å²) >= 11 is 1.44. The summed E-state index contributed by atoms with van der Waals surface area (Å²) in [6.07, 6.45) is 1.75. The largest absolute Gasteiger partial charge is 0.368 e. The summed E-state index contributed by atoms with van der Waals surface area (Å²) in [5.41, 5.74) is 9.94. The molecule has 1 fully saturated rings. The molecule has 0 unspecified atom stereocenters. The number of carbonyl (C=O) groups is 1. The predicted octanol–water partition coefficient (Wildman–Crippen LogP) is 1.90. The highest BCUT2D eigenvalue weighted by atomic mass is 32.1. The fourth-order valence-corrected chi connectivity index (χ4v) is 3.98. The maximum absolute atomic E-state index is 12.6. The maximum atomic E-state index is 12.6. The lowest BCUT2D eigenvalue weighted by atomic mass is 10.2. The maximum Gasteiger partial charge on any atom is 0.321 e. The average Bonchev–Trinajstić information content (AvgIpc) is 3.36. The number of aromatic nitrogens is 5. The smallest absolute Gasteiger partial charge is 0.321 e. The van der Waals surface area contributed by atoms with Gasteiger partial charge in [0.15, 0.2) is 10.6 Å². The molecule has 5 rings (SSSR count). The summed E-state index contributed by atoms with van der Waals surface area (Å²) in [5.74, 6) is 0.967. The monoisotopic (exact) mass is 395 g/mol. The van der Waals surface area contributed by atoms with Crippen LogP contribution in [0.25, 0.3) is 21.3 Å². The summed E-state index contributed by atoms with van der Waals surface area (Å²) in [6.45, 7) is 2.45. The SMILES string of the molecule is Nc1nc(N2CCN(C(=O)Nc3ccc4cn[nH]c4c3)CC2)c2ncsc2n1. The molecule has 0 bridgehead atoms. The molecule has 10 nitrogen and oxygen atoms in total. The van der Waals surface area contributed by atoms with Crippen LogP contribution in [0.3, 0.4) is 0 Å². The summed E-state index contributed by atoms with van der Waals surface area (Å²) in [4.78, 5) is 30.2. The van der Waals surface area contributed by atoms with E-state index in [-0.39, 0.29) is 12.0 Å². The van der Waals surface area contributed by atoms with E-state index in [9.17, 15) is 4.79 Å². The van der Waals surface area contributed by atoms with E-state index in [1.165, 1.54) is 11.3 Å². The van der Waals surface area contributed by atoms with Gasteiger partial charge in [0.25, 0.3) is 0 Å². The number of rotatable bonds is 2. The third-order valence-corrected chi connectivity index (χ3v) is 5.48. The molecule has 11 heteroatoms. The van der Waals surface area contributed by atoms with Crippen molar-refractivity contribution in [3.05, 3.63) is 29.9 Å². The van der Waals surface area contributed by atoms with Crippen molar-refractivity contribution in [3.8, 4) is 0 Å². The number of nitrogens with zero attached hydrogens (tertiary/aromatic N) is 6. The Kier molecular flexibility index (Phi) is 3.93. The van der Waals surface area contributed by atoms with Crippen LogP contribution in [0.5, 0.6) is 0 Å². The van der Waals surface area contributed by atoms with Crippen molar-refractivity contribution < 1.29 is 4.79 Å². The minimum atomic E-state index is -0.125. The number of thiazole rings is 1. The number of hydrogen-bond acceptors (Lipinski definition) is 8. The van der Waals surface area contributed by atoms with Crippen LogP contribution >= 0.6 is 11.3 Å². The number of nitrogens with two attached hydrogens (primary N) is 1. The van der Waals surface area contributed by atoms with E-state index in [0.717, 1.165) is 32.8 Å². The first kappa shape index (κ1) is 16.7. The van der Waals surface area contributed by atoms with E-state index >= 15 is 0 Å². The van der Waals surface area contributed by atoms with E-state index in [4.69, 9.17) is 5.73 Å². The average molecular weight is 395 g/mol. The summed E-state index contributed by atoms with van der Waals surface area (Å²) in [5, 5.41) is 10.9. The quantitative estimate of drug-likeness (QED) is 0.473. The number of piperazine rings is 1. The van der Waals surface area contributed by atoms with E-state index in [2.05, 4.69) is 35.4 Å². The highest BCUT2D eigenvalue weighted by Gasteiger charge is 2.24. The van der Waals surface area contributed by atoms with E-state index in [1.54, 1.807) is 16.6 Å². The number of fused-ring (bicyclic) bond motifs is 2. The first-order valence-electron chi connectivity index (χ1n) is 8.78. The van der Waals surface area contributed by atoms with Crippen molar-refractivity contribution in [1.29, 1.82) is 0 Å². The zero-order valence-corrected chi connectivity index (χ0v) is 15.6. The molecule has 1 aromatic carbocycles. The second-order valence-corrected chi connectivity index (χ2v) is 7.32. The van der Waals surface area contributed by atoms with Gasteiger partial charge in [-0.25, -0.2) is 14.8 Å². The molecular formula is C17H17N9OS. The van der Waals surface area contributed by atoms with Gasteiger partial charge in [0.2, 0.25) is 5.95 Å². The molecule has 4 heterocycles. The van der Waals surface area contributed by atoms with Gasteiger partial charge in [-0.1, -0.05) is 0 Å². The molecule has 0 spiro atoms. The number of hydrogen-bond donors (Lipinski definition) is 3.